The first-order valence-corrected chi connectivity index (χ1v) is 8.26. The zero-order chi connectivity index (χ0) is 15.5. The molecule has 0 atom stereocenters. The van der Waals surface area contributed by atoms with Crippen molar-refractivity contribution in [3.8, 4) is 0 Å². The number of anilines is 1. The van der Waals surface area contributed by atoms with Crippen molar-refractivity contribution in [2.75, 3.05) is 25.0 Å². The highest BCUT2D eigenvalue weighted by Gasteiger charge is 2.39. The summed E-state index contributed by atoms with van der Waals surface area (Å²) in [5.74, 6) is 0.385. The fourth-order valence-corrected chi connectivity index (χ4v) is 3.31. The Hall–Kier alpha value is -1.07. The molecule has 0 saturated carbocycles. The van der Waals surface area contributed by atoms with Crippen molar-refractivity contribution in [1.29, 1.82) is 0 Å². The predicted octanol–water partition coefficient (Wildman–Crippen LogP) is 2.84. The number of rotatable bonds is 5. The maximum absolute atomic E-state index is 12.0. The summed E-state index contributed by atoms with van der Waals surface area (Å²) in [7, 11) is 0. The summed E-state index contributed by atoms with van der Waals surface area (Å²) in [4.78, 5) is 14.4. The molecule has 0 radical (unpaired) electrons. The van der Waals surface area contributed by atoms with Crippen LogP contribution in [0.4, 0.5) is 5.69 Å². The topological polar surface area (TPSA) is 58.4 Å². The fraction of sp³-hybridized carbons (Fsp3) is 0.562. The van der Waals surface area contributed by atoms with Crippen LogP contribution in [0, 0.1) is 5.92 Å². The summed E-state index contributed by atoms with van der Waals surface area (Å²) in [6.45, 7) is 7.32. The van der Waals surface area contributed by atoms with Gasteiger partial charge in [-0.25, -0.2) is 0 Å². The number of nitrogens with two attached hydrogens (primary N) is 1. The first-order valence-electron chi connectivity index (χ1n) is 7.47. The molecule has 2 rings (SSSR count). The molecular formula is C16H24BrN3O. The lowest BCUT2D eigenvalue weighted by Gasteiger charge is -2.41. The maximum atomic E-state index is 12.0. The average Bonchev–Trinajstić information content (AvgIpc) is 2.40. The number of nitrogens with zero attached hydrogens (tertiary/aromatic N) is 1. The van der Waals surface area contributed by atoms with Crippen LogP contribution in [0.2, 0.25) is 0 Å². The summed E-state index contributed by atoms with van der Waals surface area (Å²) in [5.41, 5.74) is 6.00. The van der Waals surface area contributed by atoms with E-state index in [0.717, 1.165) is 42.6 Å². The Bertz CT molecular complexity index is 496. The lowest BCUT2D eigenvalue weighted by Crippen LogP contribution is -2.57. The SMILES string of the molecule is CC(C)CN1CCC(Nc2cccc(Br)c2)(C(N)=O)CC1. The van der Waals surface area contributed by atoms with Crippen molar-refractivity contribution in [1.82, 2.24) is 4.90 Å². The van der Waals surface area contributed by atoms with Gasteiger partial charge in [0.15, 0.2) is 0 Å². The second kappa shape index (κ2) is 6.79. The minimum Gasteiger partial charge on any atom is -0.371 e. The molecule has 1 saturated heterocycles. The predicted molar refractivity (Wildman–Crippen MR) is 90.2 cm³/mol. The molecule has 1 heterocycles. The molecule has 1 aliphatic rings. The number of piperidine rings is 1. The zero-order valence-electron chi connectivity index (χ0n) is 12.7. The Morgan fingerprint density at radius 2 is 2.10 bits per heavy atom. The van der Waals surface area contributed by atoms with Gasteiger partial charge in [0.2, 0.25) is 5.91 Å². The molecule has 4 nitrogen and oxygen atoms in total. The molecule has 0 aliphatic carbocycles. The molecule has 0 aromatic heterocycles. The number of nitrogens with one attached hydrogen (secondary N) is 1. The number of likely N-dealkylation sites (tertiary alicyclic amines) is 1. The van der Waals surface area contributed by atoms with Crippen LogP contribution in [0.5, 0.6) is 0 Å². The number of carbonyl (C=O) groups excluding carboxylic acids is 1. The largest absolute Gasteiger partial charge is 0.371 e. The molecular weight excluding hydrogens is 330 g/mol. The normalized spacial score (nSPS) is 18.7. The van der Waals surface area contributed by atoms with Crippen molar-refractivity contribution >= 4 is 27.5 Å². The Morgan fingerprint density at radius 3 is 2.62 bits per heavy atom. The monoisotopic (exact) mass is 353 g/mol. The van der Waals surface area contributed by atoms with Crippen LogP contribution in [0.25, 0.3) is 0 Å². The Kier molecular flexibility index (Phi) is 5.27. The summed E-state index contributed by atoms with van der Waals surface area (Å²) in [5, 5.41) is 3.38. The highest BCUT2D eigenvalue weighted by molar-refractivity contribution is 9.10. The van der Waals surface area contributed by atoms with Gasteiger partial charge < -0.3 is 16.0 Å². The minimum atomic E-state index is -0.631. The Labute approximate surface area is 135 Å². The maximum Gasteiger partial charge on any atom is 0.243 e. The number of benzene rings is 1. The van der Waals surface area contributed by atoms with E-state index in [4.69, 9.17) is 5.73 Å². The van der Waals surface area contributed by atoms with Crippen LogP contribution in [0.15, 0.2) is 28.7 Å². The number of amides is 1. The van der Waals surface area contributed by atoms with Crippen molar-refractivity contribution in [2.24, 2.45) is 11.7 Å². The van der Waals surface area contributed by atoms with Gasteiger partial charge in [0.1, 0.15) is 5.54 Å². The van der Waals surface area contributed by atoms with E-state index in [0.29, 0.717) is 5.92 Å². The summed E-state index contributed by atoms with van der Waals surface area (Å²) in [6.07, 6.45) is 1.50. The van der Waals surface area contributed by atoms with E-state index in [1.807, 2.05) is 24.3 Å². The average molecular weight is 354 g/mol. The quantitative estimate of drug-likeness (QED) is 0.855. The van der Waals surface area contributed by atoms with E-state index in [-0.39, 0.29) is 5.91 Å². The number of primary amides is 1. The summed E-state index contributed by atoms with van der Waals surface area (Å²) in [6, 6.07) is 7.86. The molecule has 116 valence electrons. The number of hydrogen-bond donors (Lipinski definition) is 2. The molecule has 3 N–H and O–H groups in total. The first-order chi connectivity index (χ1) is 9.91. The van der Waals surface area contributed by atoms with Crippen LogP contribution in [-0.2, 0) is 4.79 Å². The van der Waals surface area contributed by atoms with Crippen LogP contribution in [0.3, 0.4) is 0 Å². The van der Waals surface area contributed by atoms with E-state index >= 15 is 0 Å². The highest BCUT2D eigenvalue weighted by atomic mass is 79.9. The fourth-order valence-electron chi connectivity index (χ4n) is 2.91. The van der Waals surface area contributed by atoms with E-state index in [9.17, 15) is 4.79 Å². The van der Waals surface area contributed by atoms with Crippen molar-refractivity contribution in [2.45, 2.75) is 32.2 Å². The van der Waals surface area contributed by atoms with Gasteiger partial charge in [-0.2, -0.15) is 0 Å². The first kappa shape index (κ1) is 16.3. The molecule has 0 spiro atoms. The number of hydrogen-bond acceptors (Lipinski definition) is 3. The molecule has 1 fully saturated rings. The van der Waals surface area contributed by atoms with Gasteiger partial charge in [0.25, 0.3) is 0 Å². The second-order valence-corrected chi connectivity index (χ2v) is 7.19. The lowest BCUT2D eigenvalue weighted by atomic mass is 9.86. The van der Waals surface area contributed by atoms with E-state index in [1.165, 1.54) is 0 Å². The van der Waals surface area contributed by atoms with Gasteiger partial charge in [0, 0.05) is 29.8 Å². The van der Waals surface area contributed by atoms with Gasteiger partial charge in [-0.3, -0.25) is 4.79 Å². The van der Waals surface area contributed by atoms with Crippen LogP contribution >= 0.6 is 15.9 Å². The van der Waals surface area contributed by atoms with E-state index in [1.54, 1.807) is 0 Å². The van der Waals surface area contributed by atoms with Crippen LogP contribution in [-0.4, -0.2) is 36.0 Å². The molecule has 1 amide bonds. The summed E-state index contributed by atoms with van der Waals surface area (Å²) >= 11 is 3.45. The van der Waals surface area contributed by atoms with Crippen molar-refractivity contribution in [3.63, 3.8) is 0 Å². The smallest absolute Gasteiger partial charge is 0.243 e. The highest BCUT2D eigenvalue weighted by Crippen LogP contribution is 2.28. The van der Waals surface area contributed by atoms with Gasteiger partial charge in [0.05, 0.1) is 0 Å². The summed E-state index contributed by atoms with van der Waals surface area (Å²) < 4.78 is 0.990. The van der Waals surface area contributed by atoms with Gasteiger partial charge in [-0.15, -0.1) is 0 Å². The second-order valence-electron chi connectivity index (χ2n) is 6.28. The molecule has 1 aliphatic heterocycles. The Balaban J connectivity index is 2.07. The van der Waals surface area contributed by atoms with Gasteiger partial charge in [-0.1, -0.05) is 35.8 Å². The molecule has 5 heteroatoms. The standard InChI is InChI=1S/C16H24BrN3O/c1-12(2)11-20-8-6-16(7-9-20,15(18)21)19-14-5-3-4-13(17)10-14/h3-5,10,12,19H,6-9,11H2,1-2H3,(H2,18,21). The third kappa shape index (κ3) is 4.20. The van der Waals surface area contributed by atoms with Crippen LogP contribution in [0.1, 0.15) is 26.7 Å². The van der Waals surface area contributed by atoms with Gasteiger partial charge in [-0.05, 0) is 37.0 Å². The van der Waals surface area contributed by atoms with Crippen molar-refractivity contribution < 1.29 is 4.79 Å². The Morgan fingerprint density at radius 1 is 1.43 bits per heavy atom. The third-order valence-corrected chi connectivity index (χ3v) is 4.51. The van der Waals surface area contributed by atoms with E-state index in [2.05, 4.69) is 40.0 Å². The number of carbonyl (C=O) groups is 1. The van der Waals surface area contributed by atoms with E-state index < -0.39 is 5.54 Å². The number of halogens is 1. The van der Waals surface area contributed by atoms with Crippen LogP contribution < -0.4 is 11.1 Å². The van der Waals surface area contributed by atoms with Gasteiger partial charge >= 0.3 is 0 Å². The molecule has 0 bridgehead atoms. The minimum absolute atomic E-state index is 0.258. The molecule has 1 aromatic carbocycles. The molecule has 1 aromatic rings. The molecule has 21 heavy (non-hydrogen) atoms. The lowest BCUT2D eigenvalue weighted by molar-refractivity contribution is -0.123. The third-order valence-electron chi connectivity index (χ3n) is 4.01. The zero-order valence-corrected chi connectivity index (χ0v) is 14.3. The molecule has 0 unspecified atom stereocenters. The van der Waals surface area contributed by atoms with Crippen molar-refractivity contribution in [3.05, 3.63) is 28.7 Å².